The molecule has 0 aliphatic carbocycles. The minimum Gasteiger partial charge on any atom is -0.496 e. The van der Waals surface area contributed by atoms with E-state index < -0.39 is 0 Å². The van der Waals surface area contributed by atoms with Crippen molar-refractivity contribution in [3.63, 3.8) is 0 Å². The van der Waals surface area contributed by atoms with Crippen LogP contribution in [-0.2, 0) is 6.54 Å². The number of ether oxygens (including phenoxy) is 3. The van der Waals surface area contributed by atoms with Gasteiger partial charge in [-0.1, -0.05) is 0 Å². The first kappa shape index (κ1) is 13.5. The van der Waals surface area contributed by atoms with Gasteiger partial charge in [-0.15, -0.1) is 11.3 Å². The van der Waals surface area contributed by atoms with E-state index in [-0.39, 0.29) is 0 Å². The highest BCUT2D eigenvalue weighted by Gasteiger charge is 2.13. The zero-order valence-electron chi connectivity index (χ0n) is 11.0. The minimum absolute atomic E-state index is 0.582. The van der Waals surface area contributed by atoms with Crippen LogP contribution in [0.25, 0.3) is 0 Å². The summed E-state index contributed by atoms with van der Waals surface area (Å²) >= 11 is 1.44. The summed E-state index contributed by atoms with van der Waals surface area (Å²) < 4.78 is 15.9. The fourth-order valence-corrected chi connectivity index (χ4v) is 2.14. The Morgan fingerprint density at radius 1 is 1.16 bits per heavy atom. The lowest BCUT2D eigenvalue weighted by molar-refractivity contribution is 0.377. The molecule has 0 bridgehead atoms. The van der Waals surface area contributed by atoms with Crippen molar-refractivity contribution in [2.45, 2.75) is 6.54 Å². The van der Waals surface area contributed by atoms with Gasteiger partial charge in [0.1, 0.15) is 22.9 Å². The van der Waals surface area contributed by atoms with Crippen molar-refractivity contribution in [2.24, 2.45) is 0 Å². The number of rotatable bonds is 6. The highest BCUT2D eigenvalue weighted by atomic mass is 32.1. The second-order valence-corrected chi connectivity index (χ2v) is 4.34. The molecule has 0 aliphatic rings. The molecule has 0 spiro atoms. The molecule has 6 heteroatoms. The molecule has 0 fully saturated rings. The van der Waals surface area contributed by atoms with Crippen molar-refractivity contribution in [1.82, 2.24) is 4.98 Å². The van der Waals surface area contributed by atoms with E-state index in [1.165, 1.54) is 11.3 Å². The molecule has 0 saturated carbocycles. The standard InChI is InChI=1S/C13H15N2O3S/c1-16-10-4-11(17-2)13(12(5-10)18-3)14-6-9-7-19-8-15-9/h4-5,7,14H,6H2,1-3H3. The van der Waals surface area contributed by atoms with Crippen LogP contribution < -0.4 is 19.5 Å². The predicted molar refractivity (Wildman–Crippen MR) is 74.4 cm³/mol. The summed E-state index contributed by atoms with van der Waals surface area (Å²) in [5.74, 6) is 2.01. The molecule has 1 N–H and O–H groups in total. The van der Waals surface area contributed by atoms with Gasteiger partial charge in [-0.2, -0.15) is 0 Å². The molecule has 0 amide bonds. The van der Waals surface area contributed by atoms with Crippen LogP contribution in [0.5, 0.6) is 17.2 Å². The molecule has 1 aromatic carbocycles. The van der Waals surface area contributed by atoms with Crippen LogP contribution in [0.2, 0.25) is 0 Å². The first-order chi connectivity index (χ1) is 9.28. The van der Waals surface area contributed by atoms with Gasteiger partial charge in [-0.05, 0) is 0 Å². The van der Waals surface area contributed by atoms with E-state index in [1.807, 2.05) is 5.38 Å². The van der Waals surface area contributed by atoms with Crippen LogP contribution >= 0.6 is 11.3 Å². The quantitative estimate of drug-likeness (QED) is 0.880. The SMILES string of the molecule is COc1cc(OC)c(NCc2cs[c]n2)c(OC)c1. The first-order valence-corrected chi connectivity index (χ1v) is 6.50. The third-order valence-electron chi connectivity index (χ3n) is 2.60. The van der Waals surface area contributed by atoms with Gasteiger partial charge in [0, 0.05) is 17.5 Å². The van der Waals surface area contributed by atoms with E-state index >= 15 is 0 Å². The zero-order valence-corrected chi connectivity index (χ0v) is 11.8. The van der Waals surface area contributed by atoms with Crippen molar-refractivity contribution in [1.29, 1.82) is 0 Å². The van der Waals surface area contributed by atoms with Crippen LogP contribution in [-0.4, -0.2) is 26.3 Å². The molecule has 1 aromatic heterocycles. The number of thiazole rings is 1. The van der Waals surface area contributed by atoms with Gasteiger partial charge in [-0.3, -0.25) is 0 Å². The Morgan fingerprint density at radius 3 is 2.32 bits per heavy atom. The molecule has 0 aliphatic heterocycles. The molecule has 19 heavy (non-hydrogen) atoms. The van der Waals surface area contributed by atoms with Crippen molar-refractivity contribution >= 4 is 17.0 Å². The summed E-state index contributed by atoms with van der Waals surface area (Å²) in [5.41, 5.74) is 4.51. The minimum atomic E-state index is 0.582. The predicted octanol–water partition coefficient (Wildman–Crippen LogP) is 2.58. The van der Waals surface area contributed by atoms with Gasteiger partial charge in [0.2, 0.25) is 0 Å². The Balaban J connectivity index is 2.26. The normalized spacial score (nSPS) is 10.1. The molecule has 2 rings (SSSR count). The topological polar surface area (TPSA) is 52.6 Å². The Kier molecular flexibility index (Phi) is 4.46. The molecule has 0 unspecified atom stereocenters. The second-order valence-electron chi connectivity index (χ2n) is 3.69. The van der Waals surface area contributed by atoms with Gasteiger partial charge in [0.15, 0.2) is 5.51 Å². The highest BCUT2D eigenvalue weighted by molar-refractivity contribution is 7.07. The van der Waals surface area contributed by atoms with E-state index in [0.717, 1.165) is 11.4 Å². The van der Waals surface area contributed by atoms with E-state index in [2.05, 4.69) is 15.8 Å². The summed E-state index contributed by atoms with van der Waals surface area (Å²) in [6.45, 7) is 0.582. The van der Waals surface area contributed by atoms with Crippen LogP contribution in [0.1, 0.15) is 5.69 Å². The highest BCUT2D eigenvalue weighted by Crippen LogP contribution is 2.39. The fourth-order valence-electron chi connectivity index (χ4n) is 1.65. The molecule has 1 heterocycles. The summed E-state index contributed by atoms with van der Waals surface area (Å²) in [5, 5.41) is 5.20. The van der Waals surface area contributed by atoms with Gasteiger partial charge < -0.3 is 19.5 Å². The lowest BCUT2D eigenvalue weighted by Gasteiger charge is -2.16. The lowest BCUT2D eigenvalue weighted by atomic mass is 10.2. The number of hydrogen-bond donors (Lipinski definition) is 1. The second kappa shape index (κ2) is 6.29. The van der Waals surface area contributed by atoms with Crippen molar-refractivity contribution in [3.05, 3.63) is 28.7 Å². The monoisotopic (exact) mass is 279 g/mol. The van der Waals surface area contributed by atoms with Crippen LogP contribution in [0.4, 0.5) is 5.69 Å². The van der Waals surface area contributed by atoms with Gasteiger partial charge in [0.05, 0.1) is 33.6 Å². The third kappa shape index (κ3) is 3.08. The van der Waals surface area contributed by atoms with E-state index in [0.29, 0.717) is 23.8 Å². The third-order valence-corrected chi connectivity index (χ3v) is 3.18. The molecule has 0 atom stereocenters. The van der Waals surface area contributed by atoms with E-state index in [4.69, 9.17) is 14.2 Å². The van der Waals surface area contributed by atoms with E-state index in [9.17, 15) is 0 Å². The first-order valence-electron chi connectivity index (χ1n) is 5.62. The van der Waals surface area contributed by atoms with Gasteiger partial charge >= 0.3 is 0 Å². The van der Waals surface area contributed by atoms with Gasteiger partial charge in [0.25, 0.3) is 0 Å². The number of methoxy groups -OCH3 is 3. The van der Waals surface area contributed by atoms with Crippen molar-refractivity contribution < 1.29 is 14.2 Å². The van der Waals surface area contributed by atoms with Crippen LogP contribution in [0.15, 0.2) is 17.5 Å². The maximum Gasteiger partial charge on any atom is 0.152 e. The van der Waals surface area contributed by atoms with Gasteiger partial charge in [-0.25, -0.2) is 4.98 Å². The molecular formula is C13H15N2O3S. The Bertz CT molecular complexity index is 504. The Morgan fingerprint density at radius 2 is 1.84 bits per heavy atom. The summed E-state index contributed by atoms with van der Waals surface area (Å²) in [4.78, 5) is 4.10. The van der Waals surface area contributed by atoms with E-state index in [1.54, 1.807) is 33.5 Å². The summed E-state index contributed by atoms with van der Waals surface area (Å²) in [7, 11) is 4.82. The molecule has 0 saturated heterocycles. The Hall–Kier alpha value is -1.95. The summed E-state index contributed by atoms with van der Waals surface area (Å²) in [6.07, 6.45) is 0. The molecule has 101 valence electrons. The molecule has 5 nitrogen and oxygen atoms in total. The number of benzene rings is 1. The number of hydrogen-bond acceptors (Lipinski definition) is 6. The number of nitrogens with one attached hydrogen (secondary N) is 1. The average molecular weight is 279 g/mol. The molecule has 1 radical (unpaired) electrons. The molecular weight excluding hydrogens is 264 g/mol. The fraction of sp³-hybridized carbons (Fsp3) is 0.308. The van der Waals surface area contributed by atoms with Crippen molar-refractivity contribution in [2.75, 3.05) is 26.6 Å². The average Bonchev–Trinajstić information content (AvgIpc) is 2.97. The maximum atomic E-state index is 5.35. The lowest BCUT2D eigenvalue weighted by Crippen LogP contribution is -2.04. The zero-order chi connectivity index (χ0) is 13.7. The number of nitrogens with zero attached hydrogens (tertiary/aromatic N) is 1. The maximum absolute atomic E-state index is 5.35. The molecule has 2 aromatic rings. The number of aromatic nitrogens is 1. The van der Waals surface area contributed by atoms with Crippen LogP contribution in [0, 0.1) is 5.51 Å². The van der Waals surface area contributed by atoms with Crippen molar-refractivity contribution in [3.8, 4) is 17.2 Å². The smallest absolute Gasteiger partial charge is 0.152 e. The number of anilines is 1. The Labute approximate surface area is 116 Å². The largest absolute Gasteiger partial charge is 0.496 e. The summed E-state index contributed by atoms with van der Waals surface area (Å²) in [6, 6.07) is 3.61. The van der Waals surface area contributed by atoms with Crippen LogP contribution in [0.3, 0.4) is 0 Å².